The average molecular weight is 452 g/mol. The van der Waals surface area contributed by atoms with Gasteiger partial charge in [0.05, 0.1) is 16.9 Å². The van der Waals surface area contributed by atoms with Crippen LogP contribution in [0, 0.1) is 12.7 Å². The van der Waals surface area contributed by atoms with Gasteiger partial charge in [-0.05, 0) is 54.8 Å². The topological polar surface area (TPSA) is 85.1 Å². The van der Waals surface area contributed by atoms with Crippen LogP contribution in [0.3, 0.4) is 0 Å². The van der Waals surface area contributed by atoms with Crippen LogP contribution < -0.4 is 4.72 Å². The maximum atomic E-state index is 14.5. The first-order chi connectivity index (χ1) is 15.3. The molecule has 0 aliphatic carbocycles. The third-order valence-corrected chi connectivity index (χ3v) is 6.43. The Balaban J connectivity index is 1.56. The number of hydrogen-bond acceptors (Lipinski definition) is 5. The van der Waals surface area contributed by atoms with E-state index in [1.807, 2.05) is 38.1 Å². The summed E-state index contributed by atoms with van der Waals surface area (Å²) in [6.07, 6.45) is 1.22. The minimum atomic E-state index is -3.83. The van der Waals surface area contributed by atoms with Crippen LogP contribution in [0.4, 0.5) is 10.1 Å². The maximum Gasteiger partial charge on any atom is 0.261 e. The zero-order valence-corrected chi connectivity index (χ0v) is 18.5. The van der Waals surface area contributed by atoms with Crippen LogP contribution in [-0.4, -0.2) is 18.6 Å². The van der Waals surface area contributed by atoms with Crippen LogP contribution in [0.5, 0.6) is 0 Å². The first kappa shape index (κ1) is 21.7. The van der Waals surface area contributed by atoms with Crippen molar-refractivity contribution in [3.8, 4) is 11.5 Å². The Labute approximate surface area is 186 Å². The van der Waals surface area contributed by atoms with Crippen molar-refractivity contribution in [1.29, 1.82) is 0 Å². The lowest BCUT2D eigenvalue weighted by molar-refractivity contribution is 0.513. The van der Waals surface area contributed by atoms with E-state index in [1.54, 1.807) is 24.3 Å². The molecule has 1 heterocycles. The van der Waals surface area contributed by atoms with E-state index in [0.29, 0.717) is 12.3 Å². The number of aromatic nitrogens is 2. The number of sulfonamides is 1. The Hall–Kier alpha value is -3.52. The molecule has 0 saturated carbocycles. The molecule has 164 valence electrons. The standard InChI is InChI=1S/C24H22FN3O3S/c1-3-17-8-11-20(12-9-17)32(29,30)28-19-10-13-22(25)21(15-19)24-27-26-23(31-24)14-18-6-4-16(2)5-7-18/h4-13,15,28H,3,14H2,1-2H3. The molecule has 0 radical (unpaired) electrons. The summed E-state index contributed by atoms with van der Waals surface area (Å²) in [7, 11) is -3.83. The van der Waals surface area contributed by atoms with Gasteiger partial charge in [0, 0.05) is 5.69 Å². The second kappa shape index (κ2) is 8.92. The van der Waals surface area contributed by atoms with Crippen molar-refractivity contribution in [2.45, 2.75) is 31.6 Å². The number of nitrogens with one attached hydrogen (secondary N) is 1. The van der Waals surface area contributed by atoms with Crippen LogP contribution in [-0.2, 0) is 22.9 Å². The molecule has 8 heteroatoms. The fraction of sp³-hybridized carbons (Fsp3) is 0.167. The van der Waals surface area contributed by atoms with Crippen molar-refractivity contribution in [2.24, 2.45) is 0 Å². The monoisotopic (exact) mass is 451 g/mol. The summed E-state index contributed by atoms with van der Waals surface area (Å²) < 4.78 is 48.0. The second-order valence-corrected chi connectivity index (χ2v) is 9.14. The van der Waals surface area contributed by atoms with Gasteiger partial charge in [-0.1, -0.05) is 48.9 Å². The number of rotatable bonds is 7. The number of benzene rings is 3. The minimum absolute atomic E-state index is 0.0158. The highest BCUT2D eigenvalue weighted by atomic mass is 32.2. The molecule has 32 heavy (non-hydrogen) atoms. The first-order valence-electron chi connectivity index (χ1n) is 10.1. The molecular weight excluding hydrogens is 429 g/mol. The van der Waals surface area contributed by atoms with Crippen molar-refractivity contribution in [2.75, 3.05) is 4.72 Å². The first-order valence-corrected chi connectivity index (χ1v) is 11.6. The van der Waals surface area contributed by atoms with E-state index in [2.05, 4.69) is 14.9 Å². The predicted molar refractivity (Wildman–Crippen MR) is 120 cm³/mol. The highest BCUT2D eigenvalue weighted by Crippen LogP contribution is 2.27. The summed E-state index contributed by atoms with van der Waals surface area (Å²) in [4.78, 5) is 0.124. The normalized spacial score (nSPS) is 11.5. The van der Waals surface area contributed by atoms with E-state index in [0.717, 1.165) is 29.2 Å². The Bertz CT molecular complexity index is 1330. The van der Waals surface area contributed by atoms with Gasteiger partial charge >= 0.3 is 0 Å². The van der Waals surface area contributed by atoms with Crippen LogP contribution in [0.1, 0.15) is 29.5 Å². The summed E-state index contributed by atoms with van der Waals surface area (Å²) in [5, 5.41) is 7.94. The van der Waals surface area contributed by atoms with Crippen molar-refractivity contribution in [3.63, 3.8) is 0 Å². The van der Waals surface area contributed by atoms with Gasteiger partial charge in [0.25, 0.3) is 15.9 Å². The Morgan fingerprint density at radius 1 is 0.938 bits per heavy atom. The molecule has 0 aliphatic rings. The molecule has 0 amide bonds. The number of hydrogen-bond donors (Lipinski definition) is 1. The van der Waals surface area contributed by atoms with Crippen molar-refractivity contribution >= 4 is 15.7 Å². The molecule has 0 fully saturated rings. The molecule has 0 aliphatic heterocycles. The van der Waals surface area contributed by atoms with E-state index >= 15 is 0 Å². The lowest BCUT2D eigenvalue weighted by Gasteiger charge is -2.10. The Morgan fingerprint density at radius 2 is 1.62 bits per heavy atom. The number of anilines is 1. The van der Waals surface area contributed by atoms with Gasteiger partial charge in [-0.2, -0.15) is 0 Å². The van der Waals surface area contributed by atoms with Gasteiger partial charge in [0.15, 0.2) is 0 Å². The SMILES string of the molecule is CCc1ccc(S(=O)(=O)Nc2ccc(F)c(-c3nnc(Cc4ccc(C)cc4)o3)c2)cc1. The molecule has 1 N–H and O–H groups in total. The van der Waals surface area contributed by atoms with Gasteiger partial charge in [-0.3, -0.25) is 4.72 Å². The summed E-state index contributed by atoms with van der Waals surface area (Å²) in [5.41, 5.74) is 3.38. The van der Waals surface area contributed by atoms with E-state index in [1.165, 1.54) is 12.1 Å². The zero-order chi connectivity index (χ0) is 22.7. The fourth-order valence-corrected chi connectivity index (χ4v) is 4.23. The van der Waals surface area contributed by atoms with Crippen molar-refractivity contribution in [1.82, 2.24) is 10.2 Å². The van der Waals surface area contributed by atoms with Gasteiger partial charge in [-0.15, -0.1) is 10.2 Å². The summed E-state index contributed by atoms with van der Waals surface area (Å²) in [6.45, 7) is 3.99. The maximum absolute atomic E-state index is 14.5. The minimum Gasteiger partial charge on any atom is -0.420 e. The Kier molecular flexibility index (Phi) is 6.05. The van der Waals surface area contributed by atoms with Crippen LogP contribution in [0.15, 0.2) is 76.0 Å². The summed E-state index contributed by atoms with van der Waals surface area (Å²) in [5.74, 6) is -0.269. The van der Waals surface area contributed by atoms with Crippen molar-refractivity contribution < 1.29 is 17.2 Å². The highest BCUT2D eigenvalue weighted by Gasteiger charge is 2.18. The van der Waals surface area contributed by atoms with Gasteiger partial charge in [0.1, 0.15) is 5.82 Å². The predicted octanol–water partition coefficient (Wildman–Crippen LogP) is 5.14. The quantitative estimate of drug-likeness (QED) is 0.421. The van der Waals surface area contributed by atoms with E-state index in [4.69, 9.17) is 4.42 Å². The summed E-state index contributed by atoms with van der Waals surface area (Å²) >= 11 is 0. The van der Waals surface area contributed by atoms with Crippen LogP contribution in [0.2, 0.25) is 0 Å². The van der Waals surface area contributed by atoms with Crippen LogP contribution >= 0.6 is 0 Å². The van der Waals surface area contributed by atoms with Gasteiger partial charge in [-0.25, -0.2) is 12.8 Å². The molecule has 0 bridgehead atoms. The molecule has 3 aromatic carbocycles. The molecule has 0 unspecified atom stereocenters. The molecule has 4 rings (SSSR count). The fourth-order valence-electron chi connectivity index (χ4n) is 3.19. The molecule has 0 saturated heterocycles. The third-order valence-electron chi connectivity index (χ3n) is 5.03. The molecular formula is C24H22FN3O3S. The Morgan fingerprint density at radius 3 is 2.31 bits per heavy atom. The lowest BCUT2D eigenvalue weighted by Crippen LogP contribution is -2.13. The van der Waals surface area contributed by atoms with Crippen molar-refractivity contribution in [3.05, 3.63) is 95.1 Å². The molecule has 1 aromatic heterocycles. The largest absolute Gasteiger partial charge is 0.420 e. The molecule has 6 nitrogen and oxygen atoms in total. The van der Waals surface area contributed by atoms with E-state index in [9.17, 15) is 12.8 Å². The van der Waals surface area contributed by atoms with Crippen LogP contribution in [0.25, 0.3) is 11.5 Å². The smallest absolute Gasteiger partial charge is 0.261 e. The zero-order valence-electron chi connectivity index (χ0n) is 17.7. The molecule has 0 atom stereocenters. The number of aryl methyl sites for hydroxylation is 2. The highest BCUT2D eigenvalue weighted by molar-refractivity contribution is 7.92. The van der Waals surface area contributed by atoms with Gasteiger partial charge in [0.2, 0.25) is 5.89 Å². The van der Waals surface area contributed by atoms with E-state index in [-0.39, 0.29) is 22.0 Å². The lowest BCUT2D eigenvalue weighted by atomic mass is 10.1. The second-order valence-electron chi connectivity index (χ2n) is 7.46. The average Bonchev–Trinajstić information content (AvgIpc) is 3.25. The number of nitrogens with zero attached hydrogens (tertiary/aromatic N) is 2. The third kappa shape index (κ3) is 4.86. The van der Waals surface area contributed by atoms with E-state index < -0.39 is 15.8 Å². The number of halogens is 1. The summed E-state index contributed by atoms with van der Waals surface area (Å²) in [6, 6.07) is 18.4. The van der Waals surface area contributed by atoms with Gasteiger partial charge < -0.3 is 4.42 Å². The molecule has 4 aromatic rings. The molecule has 0 spiro atoms.